The second-order valence-corrected chi connectivity index (χ2v) is 0.929. The SMILES string of the molecule is O=C/C(=C\O)[N+](=O)[O-].[Na]. The molecule has 9 heavy (non-hydrogen) atoms. The van der Waals surface area contributed by atoms with Crippen molar-refractivity contribution in [3.63, 3.8) is 0 Å². The van der Waals surface area contributed by atoms with Gasteiger partial charge in [-0.2, -0.15) is 0 Å². The van der Waals surface area contributed by atoms with Gasteiger partial charge in [-0.25, -0.2) is 0 Å². The molecule has 0 bridgehead atoms. The first-order chi connectivity index (χ1) is 3.72. The Balaban J connectivity index is 0. The minimum absolute atomic E-state index is 0. The molecule has 5 nitrogen and oxygen atoms in total. The summed E-state index contributed by atoms with van der Waals surface area (Å²) in [6.45, 7) is 0. The van der Waals surface area contributed by atoms with Gasteiger partial charge in [0.1, 0.15) is 0 Å². The minimum Gasteiger partial charge on any atom is -0.509 e. The first kappa shape index (κ1) is 11.4. The molecule has 0 unspecified atom stereocenters. The number of aliphatic hydroxyl groups excluding tert-OH is 1. The van der Waals surface area contributed by atoms with Gasteiger partial charge in [0.05, 0.1) is 4.92 Å². The predicted octanol–water partition coefficient (Wildman–Crippen LogP) is -0.519. The summed E-state index contributed by atoms with van der Waals surface area (Å²) >= 11 is 0. The Hall–Kier alpha value is -0.390. The molecule has 0 aliphatic rings. The molecule has 0 heterocycles. The Morgan fingerprint density at radius 3 is 2.11 bits per heavy atom. The standard InChI is InChI=1S/C3H3NO4.Na/c5-1-3(2-6)4(7)8;/h1-2,5H;/b3-1+;. The maximum Gasteiger partial charge on any atom is 0.342 e. The average Bonchev–Trinajstić information content (AvgIpc) is 1.69. The number of carbonyl (C=O) groups is 1. The van der Waals surface area contributed by atoms with E-state index in [1.807, 2.05) is 0 Å². The van der Waals surface area contributed by atoms with Crippen LogP contribution >= 0.6 is 0 Å². The van der Waals surface area contributed by atoms with Gasteiger partial charge in [-0.1, -0.05) is 0 Å². The first-order valence-corrected chi connectivity index (χ1v) is 1.66. The Morgan fingerprint density at radius 2 is 2.11 bits per heavy atom. The van der Waals surface area contributed by atoms with Gasteiger partial charge in [0.25, 0.3) is 0 Å². The summed E-state index contributed by atoms with van der Waals surface area (Å²) in [6, 6.07) is 0. The van der Waals surface area contributed by atoms with Crippen molar-refractivity contribution in [1.29, 1.82) is 0 Å². The van der Waals surface area contributed by atoms with Crippen LogP contribution in [0.4, 0.5) is 0 Å². The van der Waals surface area contributed by atoms with Crippen LogP contribution in [0.1, 0.15) is 0 Å². The fraction of sp³-hybridized carbons (Fsp3) is 0. The fourth-order valence-corrected chi connectivity index (χ4v) is 0.121. The Kier molecular flexibility index (Phi) is 7.28. The van der Waals surface area contributed by atoms with Gasteiger partial charge in [0.2, 0.25) is 6.29 Å². The van der Waals surface area contributed by atoms with Gasteiger partial charge in [-0.3, -0.25) is 14.9 Å². The molecule has 1 radical (unpaired) electrons. The molecule has 0 amide bonds. The third kappa shape index (κ3) is 4.14. The molecule has 0 aromatic carbocycles. The van der Waals surface area contributed by atoms with Gasteiger partial charge >= 0.3 is 5.70 Å². The molecule has 0 aliphatic heterocycles. The van der Waals surface area contributed by atoms with E-state index in [4.69, 9.17) is 5.11 Å². The first-order valence-electron chi connectivity index (χ1n) is 1.66. The number of aliphatic hydroxyl groups is 1. The molecule has 0 saturated heterocycles. The van der Waals surface area contributed by atoms with E-state index in [9.17, 15) is 14.9 Å². The third-order valence-corrected chi connectivity index (χ3v) is 0.464. The quantitative estimate of drug-likeness (QED) is 0.140. The van der Waals surface area contributed by atoms with E-state index in [-0.39, 0.29) is 42.1 Å². The van der Waals surface area contributed by atoms with Crippen LogP contribution in [0.2, 0.25) is 0 Å². The van der Waals surface area contributed by atoms with Gasteiger partial charge in [-0.05, 0) is 0 Å². The van der Waals surface area contributed by atoms with Crippen LogP contribution in [-0.2, 0) is 4.79 Å². The molecule has 0 aromatic heterocycles. The van der Waals surface area contributed by atoms with Crippen LogP contribution in [0, 0.1) is 10.1 Å². The number of aldehydes is 1. The van der Waals surface area contributed by atoms with Gasteiger partial charge in [0, 0.05) is 29.6 Å². The van der Waals surface area contributed by atoms with E-state index in [1.165, 1.54) is 0 Å². The van der Waals surface area contributed by atoms with Crippen LogP contribution in [-0.4, -0.2) is 45.9 Å². The molecule has 6 heteroatoms. The van der Waals surface area contributed by atoms with Crippen LogP contribution < -0.4 is 0 Å². The number of carbonyl (C=O) groups excluding carboxylic acids is 1. The predicted molar refractivity (Wildman–Crippen MR) is 29.5 cm³/mol. The summed E-state index contributed by atoms with van der Waals surface area (Å²) in [5, 5.41) is 17.4. The van der Waals surface area contributed by atoms with Crippen molar-refractivity contribution in [2.75, 3.05) is 0 Å². The summed E-state index contributed by atoms with van der Waals surface area (Å²) in [5.74, 6) is 0. The maximum atomic E-state index is 9.51. The molecular weight excluding hydrogens is 137 g/mol. The van der Waals surface area contributed by atoms with E-state index in [1.54, 1.807) is 0 Å². The van der Waals surface area contributed by atoms with E-state index in [2.05, 4.69) is 0 Å². The number of hydrogen-bond acceptors (Lipinski definition) is 4. The number of hydrogen-bond donors (Lipinski definition) is 1. The van der Waals surface area contributed by atoms with Crippen molar-refractivity contribution in [2.45, 2.75) is 0 Å². The van der Waals surface area contributed by atoms with Crippen LogP contribution in [0.25, 0.3) is 0 Å². The van der Waals surface area contributed by atoms with E-state index >= 15 is 0 Å². The Labute approximate surface area is 72.8 Å². The van der Waals surface area contributed by atoms with E-state index in [0.717, 1.165) is 0 Å². The van der Waals surface area contributed by atoms with Crippen molar-refractivity contribution in [3.05, 3.63) is 22.1 Å². The molecule has 1 N–H and O–H groups in total. The summed E-state index contributed by atoms with van der Waals surface area (Å²) in [6.07, 6.45) is 0.104. The number of nitrogens with zero attached hydrogens (tertiary/aromatic N) is 1. The second-order valence-electron chi connectivity index (χ2n) is 0.929. The molecule has 0 saturated carbocycles. The van der Waals surface area contributed by atoms with Crippen LogP contribution in [0.15, 0.2) is 12.0 Å². The zero-order chi connectivity index (χ0) is 6.57. The zero-order valence-corrected chi connectivity index (χ0v) is 6.77. The Morgan fingerprint density at radius 1 is 1.67 bits per heavy atom. The van der Waals surface area contributed by atoms with Crippen LogP contribution in [0.3, 0.4) is 0 Å². The van der Waals surface area contributed by atoms with Crippen molar-refractivity contribution in [2.24, 2.45) is 0 Å². The molecule has 0 atom stereocenters. The van der Waals surface area contributed by atoms with Crippen molar-refractivity contribution < 1.29 is 14.8 Å². The molecule has 0 fully saturated rings. The zero-order valence-electron chi connectivity index (χ0n) is 4.77. The van der Waals surface area contributed by atoms with Gasteiger partial charge < -0.3 is 5.11 Å². The monoisotopic (exact) mass is 140 g/mol. The topological polar surface area (TPSA) is 80.4 Å². The largest absolute Gasteiger partial charge is 0.509 e. The summed E-state index contributed by atoms with van der Waals surface area (Å²) in [5.41, 5.74) is -0.843. The second kappa shape index (κ2) is 5.74. The summed E-state index contributed by atoms with van der Waals surface area (Å²) in [7, 11) is 0. The average molecular weight is 140 g/mol. The molecular formula is C3H3NNaO4. The number of nitro groups is 1. The molecule has 0 aromatic rings. The molecule has 0 aliphatic carbocycles. The van der Waals surface area contributed by atoms with Crippen molar-refractivity contribution >= 4 is 35.8 Å². The van der Waals surface area contributed by atoms with Gasteiger partial charge in [-0.15, -0.1) is 0 Å². The number of allylic oxidation sites excluding steroid dienone is 1. The number of rotatable bonds is 2. The smallest absolute Gasteiger partial charge is 0.342 e. The molecule has 0 spiro atoms. The van der Waals surface area contributed by atoms with Crippen molar-refractivity contribution in [1.82, 2.24) is 0 Å². The van der Waals surface area contributed by atoms with Gasteiger partial charge in [0.15, 0.2) is 6.26 Å². The van der Waals surface area contributed by atoms with E-state index < -0.39 is 10.6 Å². The fourth-order valence-electron chi connectivity index (χ4n) is 0.121. The summed E-state index contributed by atoms with van der Waals surface area (Å²) < 4.78 is 0. The summed E-state index contributed by atoms with van der Waals surface area (Å²) in [4.78, 5) is 18.0. The normalized spacial score (nSPS) is 9.56. The minimum atomic E-state index is -0.979. The maximum absolute atomic E-state index is 9.51. The van der Waals surface area contributed by atoms with E-state index in [0.29, 0.717) is 0 Å². The van der Waals surface area contributed by atoms with Crippen molar-refractivity contribution in [3.8, 4) is 0 Å². The Bertz CT molecular complexity index is 143. The third-order valence-electron chi connectivity index (χ3n) is 0.464. The molecule has 0 rings (SSSR count). The molecule has 45 valence electrons. The van der Waals surface area contributed by atoms with Crippen LogP contribution in [0.5, 0.6) is 0 Å².